The summed E-state index contributed by atoms with van der Waals surface area (Å²) < 4.78 is 14.4. The largest absolute Gasteiger partial charge is 0.386 e. The molecule has 0 saturated carbocycles. The lowest BCUT2D eigenvalue weighted by Gasteiger charge is -2.13. The highest BCUT2D eigenvalue weighted by Crippen LogP contribution is 2.19. The zero-order valence-electron chi connectivity index (χ0n) is 11.1. The molecule has 0 amide bonds. The summed E-state index contributed by atoms with van der Waals surface area (Å²) in [4.78, 5) is 22.0. The Bertz CT molecular complexity index is 826. The number of halogens is 1. The Labute approximate surface area is 123 Å². The molecule has 0 fully saturated rings. The van der Waals surface area contributed by atoms with Gasteiger partial charge in [0.1, 0.15) is 17.4 Å². The van der Waals surface area contributed by atoms with Gasteiger partial charge in [-0.05, 0) is 6.07 Å². The number of nitro groups is 1. The first-order chi connectivity index (χ1) is 10.4. The molecular formula is C14H10FN3O4. The molecule has 1 N–H and O–H groups in total. The highest BCUT2D eigenvalue weighted by molar-refractivity contribution is 5.37. The van der Waals surface area contributed by atoms with Crippen molar-refractivity contribution in [2.45, 2.75) is 12.6 Å². The van der Waals surface area contributed by atoms with Crippen LogP contribution in [-0.4, -0.2) is 14.6 Å². The molecule has 112 valence electrons. The quantitative estimate of drug-likeness (QED) is 0.680. The van der Waals surface area contributed by atoms with Crippen LogP contribution in [-0.2, 0) is 6.54 Å². The predicted molar refractivity (Wildman–Crippen MR) is 73.4 cm³/mol. The number of aliphatic hydroxyl groups is 1. The molecule has 0 spiro atoms. The third-order valence-corrected chi connectivity index (χ3v) is 3.04. The van der Waals surface area contributed by atoms with Crippen molar-refractivity contribution in [1.29, 1.82) is 5.26 Å². The van der Waals surface area contributed by atoms with Crippen LogP contribution in [0.25, 0.3) is 0 Å². The van der Waals surface area contributed by atoms with Gasteiger partial charge < -0.3 is 9.67 Å². The van der Waals surface area contributed by atoms with E-state index in [2.05, 4.69) is 0 Å². The number of rotatable bonds is 4. The fourth-order valence-electron chi connectivity index (χ4n) is 1.97. The highest BCUT2D eigenvalue weighted by Gasteiger charge is 2.18. The number of aliphatic hydroxyl groups excluding tert-OH is 1. The fourth-order valence-corrected chi connectivity index (χ4v) is 1.97. The van der Waals surface area contributed by atoms with Gasteiger partial charge >= 0.3 is 0 Å². The summed E-state index contributed by atoms with van der Waals surface area (Å²) >= 11 is 0. The lowest BCUT2D eigenvalue weighted by molar-refractivity contribution is -0.385. The van der Waals surface area contributed by atoms with Gasteiger partial charge in [0.05, 0.1) is 23.8 Å². The number of aromatic nitrogens is 1. The summed E-state index contributed by atoms with van der Waals surface area (Å²) in [7, 11) is 0. The van der Waals surface area contributed by atoms with Gasteiger partial charge in [0, 0.05) is 11.6 Å². The average Bonchev–Trinajstić information content (AvgIpc) is 2.49. The van der Waals surface area contributed by atoms with Crippen LogP contribution < -0.4 is 5.56 Å². The molecule has 0 bridgehead atoms. The standard InChI is InChI=1S/C14H10FN3O4/c15-12-4-2-1-3-11(12)13(19)8-17-7-10(18(21)22)5-9(6-16)14(17)20/h1-5,7,13,19H,8H2/t13-/m1/s1. The summed E-state index contributed by atoms with van der Waals surface area (Å²) in [5, 5.41) is 29.7. The van der Waals surface area contributed by atoms with Crippen molar-refractivity contribution in [3.8, 4) is 6.07 Å². The number of pyridine rings is 1. The molecule has 1 heterocycles. The Morgan fingerprint density at radius 1 is 1.45 bits per heavy atom. The third-order valence-electron chi connectivity index (χ3n) is 3.04. The van der Waals surface area contributed by atoms with Gasteiger partial charge in [0.25, 0.3) is 11.2 Å². The van der Waals surface area contributed by atoms with Crippen LogP contribution in [0.3, 0.4) is 0 Å². The summed E-state index contributed by atoms with van der Waals surface area (Å²) in [5.41, 5.74) is -1.71. The second-order valence-corrected chi connectivity index (χ2v) is 4.48. The van der Waals surface area contributed by atoms with E-state index in [4.69, 9.17) is 5.26 Å². The molecule has 0 aliphatic carbocycles. The Kier molecular flexibility index (Phi) is 4.29. The van der Waals surface area contributed by atoms with Crippen molar-refractivity contribution >= 4 is 5.69 Å². The van der Waals surface area contributed by atoms with E-state index in [1.165, 1.54) is 18.2 Å². The Morgan fingerprint density at radius 2 is 2.14 bits per heavy atom. The van der Waals surface area contributed by atoms with Gasteiger partial charge in [-0.15, -0.1) is 0 Å². The van der Waals surface area contributed by atoms with E-state index in [1.54, 1.807) is 6.07 Å². The zero-order chi connectivity index (χ0) is 16.3. The van der Waals surface area contributed by atoms with Crippen molar-refractivity contribution in [3.63, 3.8) is 0 Å². The first-order valence-electron chi connectivity index (χ1n) is 6.15. The molecule has 0 unspecified atom stereocenters. The van der Waals surface area contributed by atoms with Gasteiger partial charge in [0.15, 0.2) is 0 Å². The van der Waals surface area contributed by atoms with Crippen LogP contribution in [0.2, 0.25) is 0 Å². The number of benzene rings is 1. The Balaban J connectivity index is 2.43. The minimum atomic E-state index is -1.38. The lowest BCUT2D eigenvalue weighted by Crippen LogP contribution is -2.25. The molecule has 8 heteroatoms. The lowest BCUT2D eigenvalue weighted by atomic mass is 10.1. The summed E-state index contributed by atoms with van der Waals surface area (Å²) in [6, 6.07) is 7.86. The Morgan fingerprint density at radius 3 is 2.73 bits per heavy atom. The second-order valence-electron chi connectivity index (χ2n) is 4.48. The molecule has 1 atom stereocenters. The monoisotopic (exact) mass is 303 g/mol. The van der Waals surface area contributed by atoms with Crippen molar-refractivity contribution in [1.82, 2.24) is 4.57 Å². The number of nitriles is 1. The molecule has 1 aromatic carbocycles. The second kappa shape index (κ2) is 6.15. The predicted octanol–water partition coefficient (Wildman–Crippen LogP) is 1.50. The SMILES string of the molecule is N#Cc1cc([N+](=O)[O-])cn(C[C@@H](O)c2ccccc2F)c1=O. The number of hydrogen-bond donors (Lipinski definition) is 1. The molecule has 22 heavy (non-hydrogen) atoms. The molecule has 0 aliphatic rings. The van der Waals surface area contributed by atoms with E-state index in [9.17, 15) is 24.4 Å². The maximum Gasteiger partial charge on any atom is 0.287 e. The van der Waals surface area contributed by atoms with Gasteiger partial charge in [-0.3, -0.25) is 14.9 Å². The normalized spacial score (nSPS) is 11.7. The topological polar surface area (TPSA) is 109 Å². The van der Waals surface area contributed by atoms with Crippen molar-refractivity contribution in [2.24, 2.45) is 0 Å². The van der Waals surface area contributed by atoms with Crippen LogP contribution in [0.15, 0.2) is 41.3 Å². The van der Waals surface area contributed by atoms with Crippen molar-refractivity contribution in [2.75, 3.05) is 0 Å². The van der Waals surface area contributed by atoms with Crippen LogP contribution >= 0.6 is 0 Å². The minimum Gasteiger partial charge on any atom is -0.386 e. The van der Waals surface area contributed by atoms with Crippen LogP contribution in [0.4, 0.5) is 10.1 Å². The molecule has 0 radical (unpaired) electrons. The first kappa shape index (κ1) is 15.3. The number of hydrogen-bond acceptors (Lipinski definition) is 5. The van der Waals surface area contributed by atoms with E-state index < -0.39 is 40.2 Å². The summed E-state index contributed by atoms with van der Waals surface area (Å²) in [5.74, 6) is -0.658. The van der Waals surface area contributed by atoms with Crippen LogP contribution in [0.5, 0.6) is 0 Å². The molecule has 1 aromatic heterocycles. The maximum absolute atomic E-state index is 13.6. The Hall–Kier alpha value is -3.05. The highest BCUT2D eigenvalue weighted by atomic mass is 19.1. The van der Waals surface area contributed by atoms with Gasteiger partial charge in [-0.1, -0.05) is 18.2 Å². The molecule has 0 aliphatic heterocycles. The van der Waals surface area contributed by atoms with E-state index in [0.717, 1.165) is 22.9 Å². The molecular weight excluding hydrogens is 293 g/mol. The molecule has 0 saturated heterocycles. The van der Waals surface area contributed by atoms with E-state index >= 15 is 0 Å². The van der Waals surface area contributed by atoms with E-state index in [-0.39, 0.29) is 5.56 Å². The third kappa shape index (κ3) is 2.99. The summed E-state index contributed by atoms with van der Waals surface area (Å²) in [6.45, 7) is -0.407. The van der Waals surface area contributed by atoms with Gasteiger partial charge in [0.2, 0.25) is 0 Å². The maximum atomic E-state index is 13.6. The average molecular weight is 303 g/mol. The molecule has 2 rings (SSSR count). The molecule has 7 nitrogen and oxygen atoms in total. The zero-order valence-corrected chi connectivity index (χ0v) is 11.1. The fraction of sp³-hybridized carbons (Fsp3) is 0.143. The van der Waals surface area contributed by atoms with Gasteiger partial charge in [-0.2, -0.15) is 5.26 Å². The molecule has 2 aromatic rings. The van der Waals surface area contributed by atoms with Crippen molar-refractivity contribution in [3.05, 3.63) is 73.9 Å². The van der Waals surface area contributed by atoms with Gasteiger partial charge in [-0.25, -0.2) is 4.39 Å². The smallest absolute Gasteiger partial charge is 0.287 e. The van der Waals surface area contributed by atoms with Crippen molar-refractivity contribution < 1.29 is 14.4 Å². The minimum absolute atomic E-state index is 0.0422. The summed E-state index contributed by atoms with van der Waals surface area (Å²) in [6.07, 6.45) is -0.472. The van der Waals surface area contributed by atoms with Crippen LogP contribution in [0, 0.1) is 27.3 Å². The van der Waals surface area contributed by atoms with E-state index in [1.807, 2.05) is 0 Å². The van der Waals surface area contributed by atoms with Crippen LogP contribution in [0.1, 0.15) is 17.2 Å². The number of nitrogens with zero attached hydrogens (tertiary/aromatic N) is 3. The first-order valence-corrected chi connectivity index (χ1v) is 6.15. The van der Waals surface area contributed by atoms with E-state index in [0.29, 0.717) is 0 Å².